The molecular formula is C19H23FN6O4S. The lowest BCUT2D eigenvalue weighted by Gasteiger charge is -2.32. The minimum Gasteiger partial charge on any atom is -0.474 e. The molecule has 2 aliphatic heterocycles. The molecule has 12 heteroatoms. The maximum atomic E-state index is 14.7. The highest BCUT2D eigenvalue weighted by Gasteiger charge is 2.30. The molecule has 0 bridgehead atoms. The Morgan fingerprint density at radius 2 is 2.03 bits per heavy atom. The van der Waals surface area contributed by atoms with Crippen molar-refractivity contribution in [3.05, 3.63) is 35.9 Å². The molecule has 3 heterocycles. The predicted molar refractivity (Wildman–Crippen MR) is 110 cm³/mol. The zero-order chi connectivity index (χ0) is 22.2. The molecule has 0 amide bonds. The number of nitrogens with one attached hydrogen (secondary N) is 2. The summed E-state index contributed by atoms with van der Waals surface area (Å²) in [5.41, 5.74) is 2.88. The summed E-state index contributed by atoms with van der Waals surface area (Å²) >= 11 is 0. The van der Waals surface area contributed by atoms with Gasteiger partial charge >= 0.3 is 0 Å². The van der Waals surface area contributed by atoms with Crippen molar-refractivity contribution in [2.75, 3.05) is 30.8 Å². The lowest BCUT2D eigenvalue weighted by Crippen LogP contribution is -2.46. The van der Waals surface area contributed by atoms with Crippen molar-refractivity contribution in [3.8, 4) is 5.88 Å². The summed E-state index contributed by atoms with van der Waals surface area (Å²) in [5, 5.41) is 16.5. The van der Waals surface area contributed by atoms with Crippen molar-refractivity contribution < 1.29 is 22.8 Å². The predicted octanol–water partition coefficient (Wildman–Crippen LogP) is 1.47. The first-order valence-corrected chi connectivity index (χ1v) is 11.7. The third-order valence-corrected chi connectivity index (χ3v) is 6.61. The fraction of sp³-hybridized carbons (Fsp3) is 0.421. The molecule has 31 heavy (non-hydrogen) atoms. The van der Waals surface area contributed by atoms with Crippen LogP contribution in [0.1, 0.15) is 18.4 Å². The molecule has 0 saturated carbocycles. The highest BCUT2D eigenvalue weighted by Crippen LogP contribution is 2.38. The standard InChI is InChI=1S/C19H23FN6O4S/c1-31(28,29)13-2-3-16(15(20)10-13)26-9-6-14-17(26)22-11-23-18(14)30-12-4-7-25(8-5-12)19(21)24-27/h2-3,10-12,27H,4-9H2,1H3,(H2,21,24). The zero-order valence-corrected chi connectivity index (χ0v) is 17.7. The Kier molecular flexibility index (Phi) is 5.67. The Bertz CT molecular complexity index is 1100. The van der Waals surface area contributed by atoms with Gasteiger partial charge in [0.25, 0.3) is 0 Å². The van der Waals surface area contributed by atoms with Crippen LogP contribution in [0.4, 0.5) is 15.9 Å². The highest BCUT2D eigenvalue weighted by atomic mass is 32.2. The second-order valence-electron chi connectivity index (χ2n) is 7.53. The van der Waals surface area contributed by atoms with E-state index in [1.165, 1.54) is 18.5 Å². The third kappa shape index (κ3) is 4.26. The number of hydroxylamine groups is 1. The number of hydrogen-bond donors (Lipinski definition) is 3. The number of halogens is 1. The number of ether oxygens (including phenoxy) is 1. The van der Waals surface area contributed by atoms with E-state index in [-0.39, 0.29) is 22.6 Å². The molecule has 10 nitrogen and oxygen atoms in total. The maximum absolute atomic E-state index is 14.7. The second kappa shape index (κ2) is 8.27. The molecule has 4 rings (SSSR count). The average Bonchev–Trinajstić information content (AvgIpc) is 3.18. The molecule has 0 radical (unpaired) electrons. The summed E-state index contributed by atoms with van der Waals surface area (Å²) in [6.07, 6.45) is 4.20. The van der Waals surface area contributed by atoms with Crippen LogP contribution in [0.15, 0.2) is 29.4 Å². The SMILES string of the molecule is CS(=O)(=O)c1ccc(N2CCc3c(OC4CCN(C(=N)NO)CC4)ncnc32)c(F)c1. The van der Waals surface area contributed by atoms with E-state index < -0.39 is 15.7 Å². The number of aromatic nitrogens is 2. The van der Waals surface area contributed by atoms with Gasteiger partial charge in [-0.1, -0.05) is 0 Å². The number of piperidine rings is 1. The van der Waals surface area contributed by atoms with Gasteiger partial charge in [-0.05, 0) is 24.6 Å². The largest absolute Gasteiger partial charge is 0.474 e. The van der Waals surface area contributed by atoms with E-state index >= 15 is 0 Å². The lowest BCUT2D eigenvalue weighted by atomic mass is 10.1. The average molecular weight is 450 g/mol. The number of nitrogens with zero attached hydrogens (tertiary/aromatic N) is 4. The molecule has 1 aromatic carbocycles. The van der Waals surface area contributed by atoms with Crippen LogP contribution in [0.25, 0.3) is 0 Å². The van der Waals surface area contributed by atoms with E-state index in [1.54, 1.807) is 9.80 Å². The van der Waals surface area contributed by atoms with Crippen LogP contribution in [0.3, 0.4) is 0 Å². The molecule has 1 saturated heterocycles. The molecule has 3 N–H and O–H groups in total. The number of sulfone groups is 1. The van der Waals surface area contributed by atoms with E-state index in [9.17, 15) is 12.8 Å². The van der Waals surface area contributed by atoms with Gasteiger partial charge in [0.15, 0.2) is 9.84 Å². The number of anilines is 2. The van der Waals surface area contributed by atoms with Gasteiger partial charge in [-0.25, -0.2) is 28.3 Å². The first-order chi connectivity index (χ1) is 14.8. The summed E-state index contributed by atoms with van der Waals surface area (Å²) in [4.78, 5) is 11.9. The van der Waals surface area contributed by atoms with Crippen molar-refractivity contribution in [3.63, 3.8) is 0 Å². The molecule has 0 aliphatic carbocycles. The number of guanidine groups is 1. The minimum atomic E-state index is -3.50. The molecule has 0 atom stereocenters. The van der Waals surface area contributed by atoms with Crippen LogP contribution < -0.4 is 15.1 Å². The van der Waals surface area contributed by atoms with E-state index in [1.807, 2.05) is 5.48 Å². The Morgan fingerprint density at radius 1 is 1.29 bits per heavy atom. The van der Waals surface area contributed by atoms with Gasteiger partial charge in [0.2, 0.25) is 11.8 Å². The van der Waals surface area contributed by atoms with Gasteiger partial charge < -0.3 is 14.5 Å². The number of fused-ring (bicyclic) bond motifs is 1. The Labute approximate surface area is 179 Å². The fourth-order valence-corrected chi connectivity index (χ4v) is 4.50. The van der Waals surface area contributed by atoms with Crippen LogP contribution in [-0.2, 0) is 16.3 Å². The summed E-state index contributed by atoms with van der Waals surface area (Å²) in [7, 11) is -3.50. The van der Waals surface area contributed by atoms with Gasteiger partial charge in [-0.15, -0.1) is 0 Å². The van der Waals surface area contributed by atoms with Gasteiger partial charge in [0.05, 0.1) is 16.1 Å². The van der Waals surface area contributed by atoms with Crippen LogP contribution in [-0.4, -0.2) is 66.4 Å². The first-order valence-electron chi connectivity index (χ1n) is 9.79. The van der Waals surface area contributed by atoms with Crippen molar-refractivity contribution >= 4 is 27.3 Å². The van der Waals surface area contributed by atoms with Gasteiger partial charge in [0.1, 0.15) is 24.1 Å². The summed E-state index contributed by atoms with van der Waals surface area (Å²) in [6, 6.07) is 3.86. The van der Waals surface area contributed by atoms with Crippen molar-refractivity contribution in [1.82, 2.24) is 20.3 Å². The van der Waals surface area contributed by atoms with Crippen molar-refractivity contribution in [1.29, 1.82) is 5.41 Å². The molecule has 0 unspecified atom stereocenters. The topological polar surface area (TPSA) is 132 Å². The zero-order valence-electron chi connectivity index (χ0n) is 16.9. The third-order valence-electron chi connectivity index (χ3n) is 5.50. The summed E-state index contributed by atoms with van der Waals surface area (Å²) in [6.45, 7) is 1.60. The van der Waals surface area contributed by atoms with Crippen LogP contribution in [0, 0.1) is 11.2 Å². The Balaban J connectivity index is 1.52. The van der Waals surface area contributed by atoms with Crippen LogP contribution >= 0.6 is 0 Å². The summed E-state index contributed by atoms with van der Waals surface area (Å²) < 4.78 is 44.2. The van der Waals surface area contributed by atoms with E-state index in [0.717, 1.165) is 17.9 Å². The summed E-state index contributed by atoms with van der Waals surface area (Å²) in [5.74, 6) is 0.319. The molecule has 2 aromatic rings. The van der Waals surface area contributed by atoms with Gasteiger partial charge in [0, 0.05) is 38.7 Å². The van der Waals surface area contributed by atoms with Crippen molar-refractivity contribution in [2.45, 2.75) is 30.3 Å². The lowest BCUT2D eigenvalue weighted by molar-refractivity contribution is 0.115. The van der Waals surface area contributed by atoms with Gasteiger partial charge in [-0.3, -0.25) is 10.6 Å². The van der Waals surface area contributed by atoms with Crippen LogP contribution in [0.2, 0.25) is 0 Å². The molecule has 166 valence electrons. The number of benzene rings is 1. The second-order valence-corrected chi connectivity index (χ2v) is 9.55. The molecule has 2 aliphatic rings. The molecule has 1 fully saturated rings. The first kappa shape index (κ1) is 21.2. The normalized spacial score (nSPS) is 16.9. The fourth-order valence-electron chi connectivity index (χ4n) is 3.87. The van der Waals surface area contributed by atoms with Gasteiger partial charge in [-0.2, -0.15) is 0 Å². The molecule has 1 aromatic heterocycles. The monoisotopic (exact) mass is 450 g/mol. The molecule has 0 spiro atoms. The number of likely N-dealkylation sites (tertiary alicyclic amines) is 1. The number of hydrogen-bond acceptors (Lipinski definition) is 8. The highest BCUT2D eigenvalue weighted by molar-refractivity contribution is 7.90. The minimum absolute atomic E-state index is 0.0408. The quantitative estimate of drug-likeness (QED) is 0.360. The smallest absolute Gasteiger partial charge is 0.222 e. The van der Waals surface area contributed by atoms with Crippen molar-refractivity contribution in [2.24, 2.45) is 0 Å². The van der Waals surface area contributed by atoms with E-state index in [4.69, 9.17) is 15.4 Å². The Morgan fingerprint density at radius 3 is 2.68 bits per heavy atom. The number of rotatable bonds is 4. The molecular weight excluding hydrogens is 427 g/mol. The maximum Gasteiger partial charge on any atom is 0.222 e. The Hall–Kier alpha value is -2.99. The van der Waals surface area contributed by atoms with E-state index in [0.29, 0.717) is 50.6 Å². The van der Waals surface area contributed by atoms with Crippen LogP contribution in [0.5, 0.6) is 5.88 Å². The van der Waals surface area contributed by atoms with E-state index in [2.05, 4.69) is 9.97 Å².